The zero-order chi connectivity index (χ0) is 19.3. The number of carbonyl (C=O) groups excluding carboxylic acids is 2. The van der Waals surface area contributed by atoms with Crippen molar-refractivity contribution in [2.45, 2.75) is 13.8 Å². The van der Waals surface area contributed by atoms with E-state index in [0.717, 1.165) is 0 Å². The number of halogens is 1. The van der Waals surface area contributed by atoms with Crippen molar-refractivity contribution >= 4 is 23.5 Å². The van der Waals surface area contributed by atoms with E-state index in [-0.39, 0.29) is 18.4 Å². The highest BCUT2D eigenvalue weighted by atomic mass is 35.5. The number of carbonyl (C=O) groups is 2. The summed E-state index contributed by atoms with van der Waals surface area (Å²) in [6.45, 7) is 2.47. The summed E-state index contributed by atoms with van der Waals surface area (Å²) in [5, 5.41) is 13.8. The van der Waals surface area contributed by atoms with Gasteiger partial charge in [-0.05, 0) is 26.0 Å². The molecule has 0 aromatic carbocycles. The van der Waals surface area contributed by atoms with Crippen molar-refractivity contribution in [1.82, 2.24) is 19.9 Å². The molecule has 2 aromatic rings. The third-order valence-electron chi connectivity index (χ3n) is 3.18. The van der Waals surface area contributed by atoms with E-state index in [1.165, 1.54) is 19.4 Å². The molecule has 10 nitrogen and oxygen atoms in total. The van der Waals surface area contributed by atoms with Gasteiger partial charge in [0.05, 0.1) is 17.5 Å². The maximum Gasteiger partial charge on any atom is 0.344 e. The zero-order valence-corrected chi connectivity index (χ0v) is 15.1. The molecule has 0 spiro atoms. The molecule has 0 saturated heterocycles. The molecule has 11 heteroatoms. The second-order valence-electron chi connectivity index (χ2n) is 5.79. The predicted octanol–water partition coefficient (Wildman–Crippen LogP) is 1.35. The number of aromatic nitrogens is 4. The molecule has 0 bridgehead atoms. The van der Waals surface area contributed by atoms with Gasteiger partial charge >= 0.3 is 17.9 Å². The van der Waals surface area contributed by atoms with E-state index in [0.29, 0.717) is 15.6 Å². The van der Waals surface area contributed by atoms with Crippen LogP contribution in [0, 0.1) is 5.41 Å². The second kappa shape index (κ2) is 8.00. The molecule has 0 unspecified atom stereocenters. The summed E-state index contributed by atoms with van der Waals surface area (Å²) in [6, 6.07) is 2.86. The Bertz CT molecular complexity index is 790. The number of pyridine rings is 1. The van der Waals surface area contributed by atoms with Crippen LogP contribution in [-0.2, 0) is 19.1 Å². The smallest absolute Gasteiger partial charge is 0.344 e. The van der Waals surface area contributed by atoms with E-state index in [1.54, 1.807) is 19.9 Å². The molecule has 2 rings (SSSR count). The molecule has 0 aliphatic heterocycles. The molecular weight excluding hydrogens is 368 g/mol. The summed E-state index contributed by atoms with van der Waals surface area (Å²) in [6.07, 6.45) is 1.38. The average molecular weight is 385 g/mol. The maximum absolute atomic E-state index is 11.7. The molecule has 26 heavy (non-hydrogen) atoms. The molecular formula is C15H17ClN4O6. The summed E-state index contributed by atoms with van der Waals surface area (Å²) in [5.41, 5.74) is -0.676. The molecule has 140 valence electrons. The fourth-order valence-corrected chi connectivity index (χ4v) is 1.89. The van der Waals surface area contributed by atoms with Crippen LogP contribution >= 0.6 is 11.6 Å². The third kappa shape index (κ3) is 4.82. The molecule has 0 amide bonds. The van der Waals surface area contributed by atoms with E-state index in [4.69, 9.17) is 21.1 Å². The van der Waals surface area contributed by atoms with E-state index in [1.807, 2.05) is 0 Å². The number of nitrogens with zero attached hydrogens (tertiary/aromatic N) is 4. The predicted molar refractivity (Wildman–Crippen MR) is 87.7 cm³/mol. The van der Waals surface area contributed by atoms with Gasteiger partial charge < -0.3 is 19.4 Å². The highest BCUT2D eigenvalue weighted by molar-refractivity contribution is 6.30. The van der Waals surface area contributed by atoms with Crippen molar-refractivity contribution in [3.8, 4) is 17.5 Å². The number of hydrogen-bond donors (Lipinski definition) is 1. The van der Waals surface area contributed by atoms with Gasteiger partial charge in [0, 0.05) is 6.20 Å². The molecule has 2 aromatic heterocycles. The Balaban J connectivity index is 1.92. The first-order chi connectivity index (χ1) is 12.2. The molecule has 0 aliphatic rings. The number of hydrogen-bond acceptors (Lipinski definition) is 9. The molecule has 1 N–H and O–H groups in total. The Labute approximate surface area is 153 Å². The van der Waals surface area contributed by atoms with Gasteiger partial charge in [0.15, 0.2) is 6.61 Å². The fraction of sp³-hybridized carbons (Fsp3) is 0.400. The van der Waals surface area contributed by atoms with Gasteiger partial charge in [0.2, 0.25) is 5.82 Å². The minimum atomic E-state index is -0.983. The monoisotopic (exact) mass is 384 g/mol. The van der Waals surface area contributed by atoms with Gasteiger partial charge in [0.1, 0.15) is 12.3 Å². The SMILES string of the molecule is COC(=O)C(C)(C)COC(=O)COc1nc(-c2ccc(Cl)cn2)n(O)n1. The van der Waals surface area contributed by atoms with E-state index in [9.17, 15) is 14.8 Å². The Morgan fingerprint density at radius 2 is 2.08 bits per heavy atom. The van der Waals surface area contributed by atoms with Crippen LogP contribution in [0.3, 0.4) is 0 Å². The highest BCUT2D eigenvalue weighted by Gasteiger charge is 2.30. The maximum atomic E-state index is 11.7. The number of methoxy groups -OCH3 is 1. The van der Waals surface area contributed by atoms with Crippen LogP contribution in [0.2, 0.25) is 5.02 Å². The van der Waals surface area contributed by atoms with Gasteiger partial charge in [0.25, 0.3) is 0 Å². The van der Waals surface area contributed by atoms with Crippen molar-refractivity contribution in [2.24, 2.45) is 5.41 Å². The number of rotatable bonds is 7. The lowest BCUT2D eigenvalue weighted by atomic mass is 9.95. The highest BCUT2D eigenvalue weighted by Crippen LogP contribution is 2.19. The summed E-state index contributed by atoms with van der Waals surface area (Å²) < 4.78 is 14.7. The van der Waals surface area contributed by atoms with Crippen molar-refractivity contribution in [2.75, 3.05) is 20.3 Å². The third-order valence-corrected chi connectivity index (χ3v) is 3.40. The van der Waals surface area contributed by atoms with E-state index in [2.05, 4.69) is 19.8 Å². The summed E-state index contributed by atoms with van der Waals surface area (Å²) >= 11 is 5.75. The van der Waals surface area contributed by atoms with Crippen molar-refractivity contribution in [3.63, 3.8) is 0 Å². The van der Waals surface area contributed by atoms with Crippen LogP contribution in [0.5, 0.6) is 6.01 Å². The molecule has 0 aliphatic carbocycles. The second-order valence-corrected chi connectivity index (χ2v) is 6.23. The lowest BCUT2D eigenvalue weighted by Crippen LogP contribution is -2.32. The summed E-state index contributed by atoms with van der Waals surface area (Å²) in [5.74, 6) is -1.23. The van der Waals surface area contributed by atoms with Gasteiger partial charge in [-0.1, -0.05) is 21.5 Å². The van der Waals surface area contributed by atoms with Crippen LogP contribution in [-0.4, -0.2) is 57.4 Å². The minimum Gasteiger partial charge on any atom is -0.469 e. The number of ether oxygens (including phenoxy) is 3. The molecule has 0 radical (unpaired) electrons. The van der Waals surface area contributed by atoms with Crippen LogP contribution in [0.4, 0.5) is 0 Å². The zero-order valence-electron chi connectivity index (χ0n) is 14.3. The first-order valence-electron chi connectivity index (χ1n) is 7.38. The Kier molecular flexibility index (Phi) is 5.98. The van der Waals surface area contributed by atoms with Crippen molar-refractivity contribution in [1.29, 1.82) is 0 Å². The molecule has 0 atom stereocenters. The largest absolute Gasteiger partial charge is 0.469 e. The van der Waals surface area contributed by atoms with Gasteiger partial charge in [-0.2, -0.15) is 4.98 Å². The Hall–Kier alpha value is -2.88. The fourth-order valence-electron chi connectivity index (χ4n) is 1.78. The summed E-state index contributed by atoms with van der Waals surface area (Å²) in [7, 11) is 1.25. The quantitative estimate of drug-likeness (QED) is 0.556. The van der Waals surface area contributed by atoms with Crippen molar-refractivity contribution < 1.29 is 29.0 Å². The van der Waals surface area contributed by atoms with Crippen LogP contribution in [0.15, 0.2) is 18.3 Å². The normalized spacial score (nSPS) is 11.1. The molecule has 0 fully saturated rings. The van der Waals surface area contributed by atoms with Crippen molar-refractivity contribution in [3.05, 3.63) is 23.4 Å². The summed E-state index contributed by atoms with van der Waals surface area (Å²) in [4.78, 5) is 31.6. The Morgan fingerprint density at radius 3 is 2.69 bits per heavy atom. The van der Waals surface area contributed by atoms with Crippen LogP contribution in [0.1, 0.15) is 13.8 Å². The minimum absolute atomic E-state index is 0.0110. The first-order valence-corrected chi connectivity index (χ1v) is 7.76. The lowest BCUT2D eigenvalue weighted by molar-refractivity contribution is -0.160. The topological polar surface area (TPSA) is 126 Å². The molecule has 0 saturated carbocycles. The number of esters is 2. The van der Waals surface area contributed by atoms with Gasteiger partial charge in [-0.25, -0.2) is 4.79 Å². The van der Waals surface area contributed by atoms with Gasteiger partial charge in [-0.3, -0.25) is 9.78 Å². The lowest BCUT2D eigenvalue weighted by Gasteiger charge is -2.20. The Morgan fingerprint density at radius 1 is 1.35 bits per heavy atom. The van der Waals surface area contributed by atoms with Crippen LogP contribution < -0.4 is 4.74 Å². The molecule has 2 heterocycles. The van der Waals surface area contributed by atoms with Gasteiger partial charge in [-0.15, -0.1) is 0 Å². The van der Waals surface area contributed by atoms with Crippen LogP contribution in [0.25, 0.3) is 11.5 Å². The van der Waals surface area contributed by atoms with E-state index >= 15 is 0 Å². The van der Waals surface area contributed by atoms with E-state index < -0.39 is 24.0 Å². The average Bonchev–Trinajstić information content (AvgIpc) is 2.99. The standard InChI is InChI=1S/C15H17ClN4O6/c1-15(2,13(22)24-3)8-26-11(21)7-25-14-18-12(20(23)19-14)10-5-4-9(16)6-17-10/h4-6,23H,7-8H2,1-3H3. The first kappa shape index (κ1) is 19.4.